The summed E-state index contributed by atoms with van der Waals surface area (Å²) in [6.45, 7) is 8.53. The number of aromatic nitrogens is 2. The van der Waals surface area contributed by atoms with Crippen LogP contribution in [0.5, 0.6) is 0 Å². The van der Waals surface area contributed by atoms with Gasteiger partial charge in [-0.25, -0.2) is 4.98 Å². The summed E-state index contributed by atoms with van der Waals surface area (Å²) in [5.41, 5.74) is 4.72. The van der Waals surface area contributed by atoms with Crippen LogP contribution in [-0.4, -0.2) is 20.8 Å². The summed E-state index contributed by atoms with van der Waals surface area (Å²) in [6, 6.07) is 4.48. The highest BCUT2D eigenvalue weighted by molar-refractivity contribution is 5.77. The largest absolute Gasteiger partial charge is 0.390 e. The van der Waals surface area contributed by atoms with E-state index >= 15 is 0 Å². The predicted molar refractivity (Wildman–Crippen MR) is 77.3 cm³/mol. The molecule has 1 aliphatic carbocycles. The molecule has 2 unspecified atom stereocenters. The van der Waals surface area contributed by atoms with Crippen molar-refractivity contribution in [1.29, 1.82) is 0 Å². The second-order valence-electron chi connectivity index (χ2n) is 6.62. The summed E-state index contributed by atoms with van der Waals surface area (Å²) in [5, 5.41) is 10.5. The number of imidazole rings is 1. The van der Waals surface area contributed by atoms with Crippen molar-refractivity contribution in [2.75, 3.05) is 0 Å². The van der Waals surface area contributed by atoms with E-state index in [1.807, 2.05) is 6.33 Å². The van der Waals surface area contributed by atoms with Crippen LogP contribution in [-0.2, 0) is 0 Å². The van der Waals surface area contributed by atoms with Crippen LogP contribution < -0.4 is 0 Å². The van der Waals surface area contributed by atoms with Crippen molar-refractivity contribution in [3.63, 3.8) is 0 Å². The van der Waals surface area contributed by atoms with Crippen LogP contribution in [0.2, 0.25) is 0 Å². The minimum Gasteiger partial charge on any atom is -0.390 e. The molecule has 0 aliphatic heterocycles. The minimum atomic E-state index is -0.300. The topological polar surface area (TPSA) is 38.0 Å². The summed E-state index contributed by atoms with van der Waals surface area (Å²) in [7, 11) is 0. The van der Waals surface area contributed by atoms with Crippen molar-refractivity contribution in [2.24, 2.45) is 5.41 Å². The molecule has 1 fully saturated rings. The average molecular weight is 258 g/mol. The van der Waals surface area contributed by atoms with Gasteiger partial charge in [0.1, 0.15) is 0 Å². The monoisotopic (exact) mass is 258 g/mol. The fourth-order valence-electron chi connectivity index (χ4n) is 3.18. The van der Waals surface area contributed by atoms with E-state index < -0.39 is 0 Å². The van der Waals surface area contributed by atoms with Gasteiger partial charge in [-0.15, -0.1) is 0 Å². The van der Waals surface area contributed by atoms with Gasteiger partial charge in [0.25, 0.3) is 0 Å². The Hall–Kier alpha value is -1.35. The number of nitrogens with zero attached hydrogens (tertiary/aromatic N) is 2. The van der Waals surface area contributed by atoms with E-state index in [0.29, 0.717) is 0 Å². The Kier molecular flexibility index (Phi) is 2.72. The molecule has 3 heteroatoms. The molecule has 1 aromatic carbocycles. The predicted octanol–water partition coefficient (Wildman–Crippen LogP) is 3.38. The summed E-state index contributed by atoms with van der Waals surface area (Å²) in [4.78, 5) is 4.50. The lowest BCUT2D eigenvalue weighted by molar-refractivity contribution is 0.0508. The minimum absolute atomic E-state index is 0.000994. The molecule has 3 nitrogen and oxygen atoms in total. The van der Waals surface area contributed by atoms with Crippen molar-refractivity contribution in [2.45, 2.75) is 52.7 Å². The van der Waals surface area contributed by atoms with Gasteiger partial charge in [0, 0.05) is 0 Å². The Morgan fingerprint density at radius 1 is 1.26 bits per heavy atom. The van der Waals surface area contributed by atoms with Crippen molar-refractivity contribution >= 4 is 11.0 Å². The second-order valence-corrected chi connectivity index (χ2v) is 6.62. The van der Waals surface area contributed by atoms with Crippen LogP contribution >= 0.6 is 0 Å². The number of aliphatic hydroxyl groups excluding tert-OH is 1. The first-order valence-electron chi connectivity index (χ1n) is 7.02. The SMILES string of the molecule is Cc1cc2ncn(C3CCC(C)(C)C3O)c2cc1C. The van der Waals surface area contributed by atoms with Gasteiger partial charge in [0.05, 0.1) is 29.5 Å². The molecule has 1 aliphatic rings. The van der Waals surface area contributed by atoms with Crippen LogP contribution in [0.1, 0.15) is 43.9 Å². The zero-order valence-electron chi connectivity index (χ0n) is 12.1. The van der Waals surface area contributed by atoms with Gasteiger partial charge in [-0.3, -0.25) is 0 Å². The first-order chi connectivity index (χ1) is 8.90. The molecule has 2 atom stereocenters. The van der Waals surface area contributed by atoms with Crippen LogP contribution in [0.25, 0.3) is 11.0 Å². The number of hydrogen-bond donors (Lipinski definition) is 1. The molecule has 1 N–H and O–H groups in total. The van der Waals surface area contributed by atoms with Gasteiger partial charge in [0.15, 0.2) is 0 Å². The Balaban J connectivity index is 2.09. The van der Waals surface area contributed by atoms with Gasteiger partial charge < -0.3 is 9.67 Å². The van der Waals surface area contributed by atoms with Gasteiger partial charge in [-0.2, -0.15) is 0 Å². The van der Waals surface area contributed by atoms with E-state index in [0.717, 1.165) is 23.9 Å². The number of benzene rings is 1. The molecule has 0 bridgehead atoms. The number of hydrogen-bond acceptors (Lipinski definition) is 2. The van der Waals surface area contributed by atoms with Crippen molar-refractivity contribution < 1.29 is 5.11 Å². The molecule has 3 rings (SSSR count). The standard InChI is InChI=1S/C16H22N2O/c1-10-7-12-14(8-11(10)2)18(9-17-12)13-5-6-16(3,4)15(13)19/h7-9,13,15,19H,5-6H2,1-4H3. The molecule has 1 heterocycles. The fraction of sp³-hybridized carbons (Fsp3) is 0.562. The van der Waals surface area contributed by atoms with Crippen LogP contribution in [0.3, 0.4) is 0 Å². The van der Waals surface area contributed by atoms with E-state index in [1.54, 1.807) is 0 Å². The first kappa shape index (κ1) is 12.7. The summed E-state index contributed by atoms with van der Waals surface area (Å²) in [6.07, 6.45) is 3.67. The zero-order chi connectivity index (χ0) is 13.8. The lowest BCUT2D eigenvalue weighted by atomic mass is 9.89. The maximum atomic E-state index is 10.5. The molecule has 19 heavy (non-hydrogen) atoms. The lowest BCUT2D eigenvalue weighted by Gasteiger charge is -2.26. The Bertz CT molecular complexity index is 627. The average Bonchev–Trinajstić information content (AvgIpc) is 2.83. The number of rotatable bonds is 1. The smallest absolute Gasteiger partial charge is 0.0961 e. The second kappa shape index (κ2) is 4.07. The van der Waals surface area contributed by atoms with Gasteiger partial charge in [-0.05, 0) is 55.4 Å². The van der Waals surface area contributed by atoms with E-state index in [9.17, 15) is 5.11 Å². The third-order valence-electron chi connectivity index (χ3n) is 4.80. The highest BCUT2D eigenvalue weighted by atomic mass is 16.3. The molecule has 0 spiro atoms. The quantitative estimate of drug-likeness (QED) is 0.851. The van der Waals surface area contributed by atoms with Gasteiger partial charge in [0.2, 0.25) is 0 Å². The van der Waals surface area contributed by atoms with Crippen LogP contribution in [0, 0.1) is 19.3 Å². The molecule has 1 aromatic heterocycles. The highest BCUT2D eigenvalue weighted by Crippen LogP contribution is 2.44. The van der Waals surface area contributed by atoms with E-state index in [2.05, 4.69) is 49.4 Å². The normalized spacial score (nSPS) is 26.2. The molecular weight excluding hydrogens is 236 g/mol. The van der Waals surface area contributed by atoms with Gasteiger partial charge >= 0.3 is 0 Å². The Labute approximate surface area is 114 Å². The highest BCUT2D eigenvalue weighted by Gasteiger charge is 2.41. The lowest BCUT2D eigenvalue weighted by Crippen LogP contribution is -2.29. The van der Waals surface area contributed by atoms with Crippen LogP contribution in [0.15, 0.2) is 18.5 Å². The molecule has 0 radical (unpaired) electrons. The zero-order valence-corrected chi connectivity index (χ0v) is 12.1. The first-order valence-corrected chi connectivity index (χ1v) is 7.02. The Morgan fingerprint density at radius 3 is 2.58 bits per heavy atom. The molecular formula is C16H22N2O. The molecule has 0 saturated heterocycles. The van der Waals surface area contributed by atoms with E-state index in [1.165, 1.54) is 11.1 Å². The van der Waals surface area contributed by atoms with E-state index in [4.69, 9.17) is 0 Å². The van der Waals surface area contributed by atoms with Crippen molar-refractivity contribution in [3.8, 4) is 0 Å². The van der Waals surface area contributed by atoms with Gasteiger partial charge in [-0.1, -0.05) is 13.8 Å². The number of fused-ring (bicyclic) bond motifs is 1. The molecule has 1 saturated carbocycles. The van der Waals surface area contributed by atoms with Crippen molar-refractivity contribution in [3.05, 3.63) is 29.6 Å². The molecule has 0 amide bonds. The third kappa shape index (κ3) is 1.88. The summed E-state index contributed by atoms with van der Waals surface area (Å²) >= 11 is 0. The van der Waals surface area contributed by atoms with Crippen molar-refractivity contribution in [1.82, 2.24) is 9.55 Å². The Morgan fingerprint density at radius 2 is 1.95 bits per heavy atom. The number of aliphatic hydroxyl groups is 1. The molecule has 2 aromatic rings. The van der Waals surface area contributed by atoms with E-state index in [-0.39, 0.29) is 17.6 Å². The summed E-state index contributed by atoms with van der Waals surface area (Å²) in [5.74, 6) is 0. The van der Waals surface area contributed by atoms with Crippen LogP contribution in [0.4, 0.5) is 0 Å². The maximum Gasteiger partial charge on any atom is 0.0961 e. The third-order valence-corrected chi connectivity index (χ3v) is 4.80. The maximum absolute atomic E-state index is 10.5. The summed E-state index contributed by atoms with van der Waals surface area (Å²) < 4.78 is 2.17. The fourth-order valence-corrected chi connectivity index (χ4v) is 3.18. The number of aryl methyl sites for hydroxylation is 2. The molecule has 102 valence electrons.